The Hall–Kier alpha value is -1.53. The number of amides is 1. The lowest BCUT2D eigenvalue weighted by Gasteiger charge is -2.10. The van der Waals surface area contributed by atoms with Crippen LogP contribution in [0.1, 0.15) is 6.42 Å². The number of carbonyl (C=O) groups excluding carboxylic acids is 1. The van der Waals surface area contributed by atoms with E-state index >= 15 is 0 Å². The molecule has 2 nitrogen and oxygen atoms in total. The Morgan fingerprint density at radius 1 is 1.05 bits per heavy atom. The van der Waals surface area contributed by atoms with E-state index < -0.39 is 5.76 Å². The Bertz CT molecular complexity index is 608. The fraction of sp³-hybridized carbons (Fsp3) is 0.188. The van der Waals surface area contributed by atoms with Crippen LogP contribution in [-0.4, -0.2) is 17.4 Å². The van der Waals surface area contributed by atoms with Crippen LogP contribution in [0.15, 0.2) is 64.4 Å². The minimum atomic E-state index is -2.51. The van der Waals surface area contributed by atoms with E-state index in [-0.39, 0.29) is 5.91 Å². The zero-order valence-corrected chi connectivity index (χ0v) is 13.3. The molecule has 2 rings (SSSR count). The fourth-order valence-electron chi connectivity index (χ4n) is 1.76. The van der Waals surface area contributed by atoms with Crippen molar-refractivity contribution < 1.29 is 13.6 Å². The molecule has 0 radical (unpaired) electrons. The van der Waals surface area contributed by atoms with E-state index in [0.29, 0.717) is 34.5 Å². The summed E-state index contributed by atoms with van der Waals surface area (Å²) in [6.45, 7) is 0. The number of thioether (sulfide) groups is 2. The van der Waals surface area contributed by atoms with E-state index in [0.717, 1.165) is 4.90 Å². The van der Waals surface area contributed by atoms with Crippen LogP contribution in [0, 0.1) is 0 Å². The molecule has 6 heteroatoms. The Morgan fingerprint density at radius 3 is 2.45 bits per heavy atom. The first-order valence-electron chi connectivity index (χ1n) is 6.66. The second-order valence-corrected chi connectivity index (χ2v) is 6.53. The summed E-state index contributed by atoms with van der Waals surface area (Å²) in [4.78, 5) is 13.4. The van der Waals surface area contributed by atoms with Gasteiger partial charge in [-0.2, -0.15) is 8.78 Å². The van der Waals surface area contributed by atoms with Gasteiger partial charge in [-0.3, -0.25) is 4.79 Å². The highest BCUT2D eigenvalue weighted by Crippen LogP contribution is 2.31. The van der Waals surface area contributed by atoms with E-state index in [1.165, 1.54) is 0 Å². The molecule has 1 amide bonds. The van der Waals surface area contributed by atoms with Crippen LogP contribution in [0.3, 0.4) is 0 Å². The minimum Gasteiger partial charge on any atom is -0.325 e. The predicted molar refractivity (Wildman–Crippen MR) is 88.7 cm³/mol. The zero-order valence-electron chi connectivity index (χ0n) is 11.7. The van der Waals surface area contributed by atoms with Gasteiger partial charge in [0.05, 0.1) is 5.69 Å². The van der Waals surface area contributed by atoms with Crippen molar-refractivity contribution in [3.8, 4) is 0 Å². The number of anilines is 1. The molecule has 0 atom stereocenters. The molecular weight excluding hydrogens is 324 g/mol. The summed E-state index contributed by atoms with van der Waals surface area (Å²) in [6.07, 6.45) is 0.327. The van der Waals surface area contributed by atoms with E-state index in [1.807, 2.05) is 30.3 Å². The van der Waals surface area contributed by atoms with Crippen LogP contribution >= 0.6 is 23.5 Å². The Labute approximate surface area is 136 Å². The molecule has 0 bridgehead atoms. The number of alkyl halides is 2. The molecule has 22 heavy (non-hydrogen) atoms. The minimum absolute atomic E-state index is 0.175. The molecule has 0 heterocycles. The standard InChI is InChI=1S/C16H15F2NOS2/c17-16(18)22-14-9-5-4-8-13(14)19-15(20)10-11-21-12-6-2-1-3-7-12/h1-9,16H,10-11H2,(H,19,20). The number of benzene rings is 2. The van der Waals surface area contributed by atoms with Gasteiger partial charge in [0.15, 0.2) is 0 Å². The van der Waals surface area contributed by atoms with Gasteiger partial charge in [-0.15, -0.1) is 11.8 Å². The maximum Gasteiger partial charge on any atom is 0.288 e. The van der Waals surface area contributed by atoms with Crippen molar-refractivity contribution in [3.63, 3.8) is 0 Å². The summed E-state index contributed by atoms with van der Waals surface area (Å²) in [6, 6.07) is 16.4. The highest BCUT2D eigenvalue weighted by molar-refractivity contribution is 7.99. The molecule has 1 N–H and O–H groups in total. The average molecular weight is 339 g/mol. The van der Waals surface area contributed by atoms with Gasteiger partial charge in [0.25, 0.3) is 5.76 Å². The summed E-state index contributed by atoms with van der Waals surface area (Å²) in [7, 11) is 0. The topological polar surface area (TPSA) is 29.1 Å². The van der Waals surface area contributed by atoms with Crippen molar-refractivity contribution in [3.05, 3.63) is 54.6 Å². The number of carbonyl (C=O) groups is 1. The molecule has 0 spiro atoms. The van der Waals surface area contributed by atoms with Crippen molar-refractivity contribution in [2.45, 2.75) is 22.0 Å². The highest BCUT2D eigenvalue weighted by atomic mass is 32.2. The molecule has 2 aromatic rings. The number of nitrogens with one attached hydrogen (secondary N) is 1. The first kappa shape index (κ1) is 16.8. The second-order valence-electron chi connectivity index (χ2n) is 4.33. The molecule has 0 saturated carbocycles. The van der Waals surface area contributed by atoms with Crippen molar-refractivity contribution in [1.82, 2.24) is 0 Å². The van der Waals surface area contributed by atoms with Crippen LogP contribution in [0.25, 0.3) is 0 Å². The molecule has 0 aliphatic carbocycles. The zero-order chi connectivity index (χ0) is 15.8. The summed E-state index contributed by atoms with van der Waals surface area (Å²) in [5.74, 6) is -2.04. The van der Waals surface area contributed by atoms with Gasteiger partial charge in [0.2, 0.25) is 5.91 Å². The van der Waals surface area contributed by atoms with Crippen LogP contribution in [-0.2, 0) is 4.79 Å². The second kappa shape index (κ2) is 8.80. The maximum absolute atomic E-state index is 12.5. The van der Waals surface area contributed by atoms with Crippen LogP contribution in [0.4, 0.5) is 14.5 Å². The monoisotopic (exact) mass is 339 g/mol. The summed E-state index contributed by atoms with van der Waals surface area (Å²) in [5.41, 5.74) is 0.433. The SMILES string of the molecule is O=C(CCSc1ccccc1)Nc1ccccc1SC(F)F. The van der Waals surface area contributed by atoms with Gasteiger partial charge in [-0.05, 0) is 24.3 Å². The highest BCUT2D eigenvalue weighted by Gasteiger charge is 2.11. The molecule has 0 fully saturated rings. The molecule has 0 unspecified atom stereocenters. The summed E-state index contributed by atoms with van der Waals surface area (Å²) < 4.78 is 25.0. The number of para-hydroxylation sites is 1. The molecular formula is C16H15F2NOS2. The van der Waals surface area contributed by atoms with E-state index in [4.69, 9.17) is 0 Å². The number of halogens is 2. The first-order valence-corrected chi connectivity index (χ1v) is 8.53. The lowest BCUT2D eigenvalue weighted by Crippen LogP contribution is -2.12. The lowest BCUT2D eigenvalue weighted by atomic mass is 10.3. The lowest BCUT2D eigenvalue weighted by molar-refractivity contribution is -0.115. The third kappa shape index (κ3) is 5.69. The van der Waals surface area contributed by atoms with E-state index in [1.54, 1.807) is 36.0 Å². The largest absolute Gasteiger partial charge is 0.325 e. The average Bonchev–Trinajstić information content (AvgIpc) is 2.50. The Morgan fingerprint density at radius 2 is 1.73 bits per heavy atom. The van der Waals surface area contributed by atoms with Crippen LogP contribution in [0.2, 0.25) is 0 Å². The Kier molecular flexibility index (Phi) is 6.74. The Balaban J connectivity index is 1.84. The summed E-state index contributed by atoms with van der Waals surface area (Å²) in [5, 5.41) is 2.70. The molecule has 0 aliphatic heterocycles. The quantitative estimate of drug-likeness (QED) is 0.710. The first-order chi connectivity index (χ1) is 10.6. The van der Waals surface area contributed by atoms with Gasteiger partial charge >= 0.3 is 0 Å². The van der Waals surface area contributed by atoms with Crippen molar-refractivity contribution in [1.29, 1.82) is 0 Å². The van der Waals surface area contributed by atoms with Gasteiger partial charge in [0, 0.05) is 22.0 Å². The summed E-state index contributed by atoms with van der Waals surface area (Å²) >= 11 is 2.02. The van der Waals surface area contributed by atoms with Gasteiger partial charge in [-0.25, -0.2) is 0 Å². The van der Waals surface area contributed by atoms with Gasteiger partial charge in [0.1, 0.15) is 0 Å². The number of rotatable bonds is 7. The molecule has 0 aliphatic rings. The molecule has 2 aromatic carbocycles. The van der Waals surface area contributed by atoms with Crippen molar-refractivity contribution in [2.24, 2.45) is 0 Å². The third-order valence-corrected chi connectivity index (χ3v) is 4.52. The fourth-order valence-corrected chi connectivity index (χ4v) is 3.23. The normalized spacial score (nSPS) is 10.7. The van der Waals surface area contributed by atoms with Gasteiger partial charge < -0.3 is 5.32 Å². The number of hydrogen-bond donors (Lipinski definition) is 1. The number of hydrogen-bond acceptors (Lipinski definition) is 3. The molecule has 116 valence electrons. The molecule has 0 saturated heterocycles. The molecule has 0 aromatic heterocycles. The van der Waals surface area contributed by atoms with E-state index in [9.17, 15) is 13.6 Å². The van der Waals surface area contributed by atoms with Crippen molar-refractivity contribution in [2.75, 3.05) is 11.1 Å². The predicted octanol–water partition coefficient (Wildman–Crippen LogP) is 5.12. The smallest absolute Gasteiger partial charge is 0.288 e. The van der Waals surface area contributed by atoms with E-state index in [2.05, 4.69) is 5.32 Å². The van der Waals surface area contributed by atoms with Crippen LogP contribution < -0.4 is 5.32 Å². The van der Waals surface area contributed by atoms with Crippen molar-refractivity contribution >= 4 is 35.1 Å². The van der Waals surface area contributed by atoms with Gasteiger partial charge in [-0.1, -0.05) is 42.1 Å². The van der Waals surface area contributed by atoms with Crippen LogP contribution in [0.5, 0.6) is 0 Å². The maximum atomic E-state index is 12.5. The third-order valence-electron chi connectivity index (χ3n) is 2.72.